The van der Waals surface area contributed by atoms with Gasteiger partial charge in [0, 0.05) is 6.61 Å². The topological polar surface area (TPSA) is 35.5 Å². The molecule has 1 unspecified atom stereocenters. The normalized spacial score (nSPS) is 14.7. The lowest BCUT2D eigenvalue weighted by Gasteiger charge is -2.31. The van der Waals surface area contributed by atoms with Crippen LogP contribution in [0.2, 0.25) is 0 Å². The van der Waals surface area contributed by atoms with Crippen LogP contribution >= 0.6 is 0 Å². The number of carbonyl (C=O) groups is 1. The van der Waals surface area contributed by atoms with Crippen LogP contribution in [0.15, 0.2) is 0 Å². The fourth-order valence-corrected chi connectivity index (χ4v) is 1.28. The van der Waals surface area contributed by atoms with Gasteiger partial charge in [-0.25, -0.2) is 0 Å². The molecule has 0 aromatic heterocycles. The molecule has 16 heavy (non-hydrogen) atoms. The molecular formula is C13H26O3. The maximum Gasteiger partial charge on any atom is 0.312 e. The van der Waals surface area contributed by atoms with Gasteiger partial charge in [-0.3, -0.25) is 4.79 Å². The summed E-state index contributed by atoms with van der Waals surface area (Å²) >= 11 is 0. The molecule has 0 rings (SSSR count). The fourth-order valence-electron chi connectivity index (χ4n) is 1.28. The summed E-state index contributed by atoms with van der Waals surface area (Å²) in [5, 5.41) is 0. The van der Waals surface area contributed by atoms with Crippen molar-refractivity contribution in [2.24, 2.45) is 11.3 Å². The lowest BCUT2D eigenvalue weighted by Crippen LogP contribution is -2.38. The van der Waals surface area contributed by atoms with E-state index in [1.54, 1.807) is 0 Å². The predicted octanol–water partition coefficient (Wildman–Crippen LogP) is 3.03. The van der Waals surface area contributed by atoms with Crippen molar-refractivity contribution in [2.45, 2.75) is 54.1 Å². The summed E-state index contributed by atoms with van der Waals surface area (Å²) in [5.74, 6) is -0.389. The van der Waals surface area contributed by atoms with Crippen LogP contribution in [0.1, 0.15) is 48.5 Å². The maximum absolute atomic E-state index is 12.0. The van der Waals surface area contributed by atoms with Gasteiger partial charge in [0.15, 0.2) is 0 Å². The summed E-state index contributed by atoms with van der Waals surface area (Å²) < 4.78 is 10.8. The van der Waals surface area contributed by atoms with Crippen molar-refractivity contribution in [1.29, 1.82) is 0 Å². The Morgan fingerprint density at radius 2 is 1.62 bits per heavy atom. The molecule has 0 aromatic carbocycles. The molecule has 0 aliphatic heterocycles. The first-order chi connectivity index (χ1) is 7.08. The zero-order valence-corrected chi connectivity index (χ0v) is 11.7. The molecule has 0 saturated heterocycles. The van der Waals surface area contributed by atoms with Crippen LogP contribution in [0.5, 0.6) is 0 Å². The molecule has 3 nitrogen and oxygen atoms in total. The van der Waals surface area contributed by atoms with Gasteiger partial charge in [-0.2, -0.15) is 0 Å². The Kier molecular flexibility index (Phi) is 5.47. The standard InChI is InChI=1S/C13H26O3/c1-8-15-9-10(12(2,3)4)11(14)16-13(5,6)7/h10H,8-9H2,1-7H3. The third kappa shape index (κ3) is 6.11. The van der Waals surface area contributed by atoms with Crippen LogP contribution in [-0.4, -0.2) is 24.8 Å². The number of hydrogen-bond donors (Lipinski definition) is 0. The Labute approximate surface area is 99.5 Å². The molecule has 0 bridgehead atoms. The molecular weight excluding hydrogens is 204 g/mol. The molecule has 0 aliphatic rings. The maximum atomic E-state index is 12.0. The highest BCUT2D eigenvalue weighted by molar-refractivity contribution is 5.73. The van der Waals surface area contributed by atoms with Crippen LogP contribution < -0.4 is 0 Å². The van der Waals surface area contributed by atoms with E-state index in [0.717, 1.165) is 0 Å². The van der Waals surface area contributed by atoms with E-state index < -0.39 is 5.60 Å². The van der Waals surface area contributed by atoms with Crippen LogP contribution in [0.4, 0.5) is 0 Å². The van der Waals surface area contributed by atoms with E-state index in [0.29, 0.717) is 13.2 Å². The first-order valence-corrected chi connectivity index (χ1v) is 5.88. The minimum atomic E-state index is -0.438. The highest BCUT2D eigenvalue weighted by atomic mass is 16.6. The molecule has 0 fully saturated rings. The zero-order chi connectivity index (χ0) is 13.0. The summed E-state index contributed by atoms with van der Waals surface area (Å²) in [5.41, 5.74) is -0.579. The van der Waals surface area contributed by atoms with Gasteiger partial charge in [0.25, 0.3) is 0 Å². The highest BCUT2D eigenvalue weighted by Crippen LogP contribution is 2.28. The molecule has 0 radical (unpaired) electrons. The van der Waals surface area contributed by atoms with Crippen molar-refractivity contribution in [3.8, 4) is 0 Å². The molecule has 3 heteroatoms. The van der Waals surface area contributed by atoms with Gasteiger partial charge in [-0.1, -0.05) is 20.8 Å². The summed E-state index contributed by atoms with van der Waals surface area (Å²) in [4.78, 5) is 12.0. The monoisotopic (exact) mass is 230 g/mol. The van der Waals surface area contributed by atoms with Crippen molar-refractivity contribution < 1.29 is 14.3 Å². The van der Waals surface area contributed by atoms with Crippen molar-refractivity contribution in [3.05, 3.63) is 0 Å². The van der Waals surface area contributed by atoms with Gasteiger partial charge >= 0.3 is 5.97 Å². The van der Waals surface area contributed by atoms with E-state index in [9.17, 15) is 4.79 Å². The van der Waals surface area contributed by atoms with E-state index in [2.05, 4.69) is 0 Å². The predicted molar refractivity (Wildman–Crippen MR) is 65.3 cm³/mol. The molecule has 0 aliphatic carbocycles. The summed E-state index contributed by atoms with van der Waals surface area (Å²) in [6.45, 7) is 14.7. The quantitative estimate of drug-likeness (QED) is 0.696. The Morgan fingerprint density at radius 1 is 1.12 bits per heavy atom. The average molecular weight is 230 g/mol. The van der Waals surface area contributed by atoms with Gasteiger partial charge in [-0.15, -0.1) is 0 Å². The third-order valence-corrected chi connectivity index (χ3v) is 2.23. The Hall–Kier alpha value is -0.570. The number of carbonyl (C=O) groups excluding carboxylic acids is 1. The molecule has 0 spiro atoms. The van der Waals surface area contributed by atoms with Crippen LogP contribution in [-0.2, 0) is 14.3 Å². The van der Waals surface area contributed by atoms with Gasteiger partial charge in [0.2, 0.25) is 0 Å². The molecule has 0 amide bonds. The highest BCUT2D eigenvalue weighted by Gasteiger charge is 2.34. The Balaban J connectivity index is 4.58. The molecule has 0 N–H and O–H groups in total. The van der Waals surface area contributed by atoms with Gasteiger partial charge in [-0.05, 0) is 33.1 Å². The Bertz CT molecular complexity index is 220. The second kappa shape index (κ2) is 5.67. The first kappa shape index (κ1) is 15.4. The van der Waals surface area contributed by atoms with Crippen molar-refractivity contribution in [3.63, 3.8) is 0 Å². The third-order valence-electron chi connectivity index (χ3n) is 2.23. The minimum absolute atomic E-state index is 0.141. The van der Waals surface area contributed by atoms with E-state index in [-0.39, 0.29) is 17.3 Å². The van der Waals surface area contributed by atoms with E-state index in [1.165, 1.54) is 0 Å². The number of rotatable bonds is 4. The molecule has 1 atom stereocenters. The van der Waals surface area contributed by atoms with Gasteiger partial charge < -0.3 is 9.47 Å². The lowest BCUT2D eigenvalue weighted by molar-refractivity contribution is -0.166. The molecule has 0 saturated carbocycles. The number of ether oxygens (including phenoxy) is 2. The second-order valence-electron chi connectivity index (χ2n) is 6.11. The lowest BCUT2D eigenvalue weighted by atomic mass is 9.81. The van der Waals surface area contributed by atoms with Gasteiger partial charge in [0.05, 0.1) is 12.5 Å². The van der Waals surface area contributed by atoms with Gasteiger partial charge in [0.1, 0.15) is 5.60 Å². The largest absolute Gasteiger partial charge is 0.460 e. The molecule has 0 heterocycles. The van der Waals surface area contributed by atoms with E-state index in [1.807, 2.05) is 48.5 Å². The molecule has 96 valence electrons. The number of hydrogen-bond acceptors (Lipinski definition) is 3. The average Bonchev–Trinajstić information content (AvgIpc) is 1.98. The van der Waals surface area contributed by atoms with Crippen molar-refractivity contribution in [1.82, 2.24) is 0 Å². The summed E-state index contributed by atoms with van der Waals surface area (Å²) in [6, 6.07) is 0. The summed E-state index contributed by atoms with van der Waals surface area (Å²) in [7, 11) is 0. The van der Waals surface area contributed by atoms with Crippen LogP contribution in [0.3, 0.4) is 0 Å². The SMILES string of the molecule is CCOCC(C(=O)OC(C)(C)C)C(C)(C)C. The van der Waals surface area contributed by atoms with Crippen LogP contribution in [0.25, 0.3) is 0 Å². The smallest absolute Gasteiger partial charge is 0.312 e. The molecule has 0 aromatic rings. The fraction of sp³-hybridized carbons (Fsp3) is 0.923. The van der Waals surface area contributed by atoms with Crippen LogP contribution in [0, 0.1) is 11.3 Å². The van der Waals surface area contributed by atoms with Crippen molar-refractivity contribution in [2.75, 3.05) is 13.2 Å². The second-order valence-corrected chi connectivity index (χ2v) is 6.11. The zero-order valence-electron chi connectivity index (χ0n) is 11.7. The van der Waals surface area contributed by atoms with Crippen molar-refractivity contribution >= 4 is 5.97 Å². The first-order valence-electron chi connectivity index (χ1n) is 5.88. The Morgan fingerprint density at radius 3 is 1.94 bits per heavy atom. The number of esters is 1. The van der Waals surface area contributed by atoms with E-state index in [4.69, 9.17) is 9.47 Å². The van der Waals surface area contributed by atoms with E-state index >= 15 is 0 Å². The minimum Gasteiger partial charge on any atom is -0.460 e. The summed E-state index contributed by atoms with van der Waals surface area (Å²) in [6.07, 6.45) is 0.